The van der Waals surface area contributed by atoms with E-state index in [1.807, 2.05) is 30.3 Å². The molecule has 0 unspecified atom stereocenters. The molecule has 1 aromatic carbocycles. The van der Waals surface area contributed by atoms with Crippen molar-refractivity contribution in [2.24, 2.45) is 5.16 Å². The van der Waals surface area contributed by atoms with E-state index in [1.165, 1.54) is 7.11 Å². The van der Waals surface area contributed by atoms with Gasteiger partial charge in [0, 0.05) is 17.1 Å². The summed E-state index contributed by atoms with van der Waals surface area (Å²) in [6, 6.07) is 9.98. The summed E-state index contributed by atoms with van der Waals surface area (Å²) in [6.45, 7) is 0. The van der Waals surface area contributed by atoms with Crippen LogP contribution in [0, 0.1) is 0 Å². The third-order valence-corrected chi connectivity index (χ3v) is 1.92. The van der Waals surface area contributed by atoms with Crippen LogP contribution >= 0.6 is 0 Å². The smallest absolute Gasteiger partial charge is 0.106 e. The highest BCUT2D eigenvalue weighted by molar-refractivity contribution is 5.87. The minimum atomic E-state index is 0.936. The number of benzene rings is 1. The summed E-state index contributed by atoms with van der Waals surface area (Å²) in [5.74, 6) is 0. The molecule has 0 atom stereocenters. The van der Waals surface area contributed by atoms with Gasteiger partial charge in [0.1, 0.15) is 7.11 Å². The van der Waals surface area contributed by atoms with Gasteiger partial charge < -0.3 is 4.84 Å². The fourth-order valence-electron chi connectivity index (χ4n) is 1.27. The summed E-state index contributed by atoms with van der Waals surface area (Å²) in [6.07, 6.45) is 3.41. The van der Waals surface area contributed by atoms with Crippen molar-refractivity contribution in [3.63, 3.8) is 0 Å². The fourth-order valence-corrected chi connectivity index (χ4v) is 1.27. The Balaban J connectivity index is 2.46. The van der Waals surface area contributed by atoms with Gasteiger partial charge >= 0.3 is 0 Å². The Kier molecular flexibility index (Phi) is 2.40. The van der Waals surface area contributed by atoms with Gasteiger partial charge in [0.05, 0.1) is 11.7 Å². The predicted molar refractivity (Wildman–Crippen MR) is 56.3 cm³/mol. The summed E-state index contributed by atoms with van der Waals surface area (Å²) >= 11 is 0. The molecule has 0 fully saturated rings. The Morgan fingerprint density at radius 1 is 1.36 bits per heavy atom. The van der Waals surface area contributed by atoms with Crippen LogP contribution < -0.4 is 0 Å². The molecular weight excluding hydrogens is 176 g/mol. The average Bonchev–Trinajstić information content (AvgIpc) is 2.26. The number of hydrogen-bond acceptors (Lipinski definition) is 3. The molecule has 1 heterocycles. The monoisotopic (exact) mass is 186 g/mol. The summed E-state index contributed by atoms with van der Waals surface area (Å²) < 4.78 is 0. The van der Waals surface area contributed by atoms with Gasteiger partial charge in [-0.1, -0.05) is 23.4 Å². The molecule has 0 radical (unpaired) electrons. The lowest BCUT2D eigenvalue weighted by Crippen LogP contribution is -1.85. The number of aromatic nitrogens is 1. The quantitative estimate of drug-likeness (QED) is 0.532. The number of para-hydroxylation sites is 1. The van der Waals surface area contributed by atoms with Crippen molar-refractivity contribution in [3.05, 3.63) is 42.1 Å². The number of nitrogens with zero attached hydrogens (tertiary/aromatic N) is 2. The lowest BCUT2D eigenvalue weighted by Gasteiger charge is -1.97. The first-order valence-electron chi connectivity index (χ1n) is 4.31. The van der Waals surface area contributed by atoms with Gasteiger partial charge in [0.15, 0.2) is 0 Å². The molecule has 2 aromatic rings. The van der Waals surface area contributed by atoms with Gasteiger partial charge in [-0.25, -0.2) is 0 Å². The molecule has 2 rings (SSSR count). The number of fused-ring (bicyclic) bond motifs is 1. The van der Waals surface area contributed by atoms with Crippen molar-refractivity contribution in [2.75, 3.05) is 7.11 Å². The lowest BCUT2D eigenvalue weighted by molar-refractivity contribution is 0.215. The van der Waals surface area contributed by atoms with E-state index in [2.05, 4.69) is 15.0 Å². The van der Waals surface area contributed by atoms with E-state index < -0.39 is 0 Å². The normalized spacial score (nSPS) is 10.9. The van der Waals surface area contributed by atoms with Crippen LogP contribution in [0.25, 0.3) is 10.9 Å². The van der Waals surface area contributed by atoms with E-state index in [1.54, 1.807) is 12.4 Å². The maximum absolute atomic E-state index is 4.60. The summed E-state index contributed by atoms with van der Waals surface area (Å²) in [4.78, 5) is 8.89. The second-order valence-corrected chi connectivity index (χ2v) is 2.88. The summed E-state index contributed by atoms with van der Waals surface area (Å²) in [5, 5.41) is 4.79. The minimum absolute atomic E-state index is 0.936. The molecule has 3 nitrogen and oxygen atoms in total. The van der Waals surface area contributed by atoms with Crippen LogP contribution in [0.3, 0.4) is 0 Å². The first kappa shape index (κ1) is 8.69. The SMILES string of the molecule is CON=Cc1cnc2ccccc2c1. The highest BCUT2D eigenvalue weighted by Crippen LogP contribution is 2.11. The van der Waals surface area contributed by atoms with Crippen molar-refractivity contribution >= 4 is 17.1 Å². The molecule has 0 spiro atoms. The van der Waals surface area contributed by atoms with E-state index in [4.69, 9.17) is 0 Å². The van der Waals surface area contributed by atoms with E-state index in [9.17, 15) is 0 Å². The molecule has 0 saturated carbocycles. The van der Waals surface area contributed by atoms with Crippen LogP contribution in [-0.4, -0.2) is 18.3 Å². The van der Waals surface area contributed by atoms with Gasteiger partial charge in [-0.2, -0.15) is 0 Å². The molecule has 0 saturated heterocycles. The largest absolute Gasteiger partial charge is 0.399 e. The van der Waals surface area contributed by atoms with Crippen LogP contribution in [0.2, 0.25) is 0 Å². The topological polar surface area (TPSA) is 34.5 Å². The molecule has 0 amide bonds. The van der Waals surface area contributed by atoms with Crippen molar-refractivity contribution in [3.8, 4) is 0 Å². The number of rotatable bonds is 2. The highest BCUT2D eigenvalue weighted by atomic mass is 16.6. The maximum atomic E-state index is 4.60. The Morgan fingerprint density at radius 2 is 2.21 bits per heavy atom. The molecule has 0 bridgehead atoms. The minimum Gasteiger partial charge on any atom is -0.399 e. The van der Waals surface area contributed by atoms with Gasteiger partial charge in [0.25, 0.3) is 0 Å². The second kappa shape index (κ2) is 3.87. The number of hydrogen-bond donors (Lipinski definition) is 0. The van der Waals surface area contributed by atoms with Crippen LogP contribution in [0.15, 0.2) is 41.7 Å². The second-order valence-electron chi connectivity index (χ2n) is 2.88. The van der Waals surface area contributed by atoms with E-state index >= 15 is 0 Å². The third-order valence-electron chi connectivity index (χ3n) is 1.92. The Bertz CT molecular complexity index is 466. The van der Waals surface area contributed by atoms with Crippen molar-refractivity contribution in [1.29, 1.82) is 0 Å². The maximum Gasteiger partial charge on any atom is 0.106 e. The van der Waals surface area contributed by atoms with Crippen molar-refractivity contribution in [2.45, 2.75) is 0 Å². The molecule has 0 aliphatic rings. The van der Waals surface area contributed by atoms with E-state index in [0.717, 1.165) is 16.5 Å². The summed E-state index contributed by atoms with van der Waals surface area (Å²) in [5.41, 5.74) is 1.92. The van der Waals surface area contributed by atoms with Gasteiger partial charge in [0.2, 0.25) is 0 Å². The predicted octanol–water partition coefficient (Wildman–Crippen LogP) is 2.22. The van der Waals surface area contributed by atoms with Crippen LogP contribution in [0.1, 0.15) is 5.56 Å². The molecule has 14 heavy (non-hydrogen) atoms. The zero-order chi connectivity index (χ0) is 9.80. The molecule has 1 aromatic heterocycles. The zero-order valence-corrected chi connectivity index (χ0v) is 7.84. The van der Waals surface area contributed by atoms with Crippen LogP contribution in [-0.2, 0) is 4.84 Å². The van der Waals surface area contributed by atoms with Gasteiger partial charge in [-0.15, -0.1) is 0 Å². The highest BCUT2D eigenvalue weighted by Gasteiger charge is 1.94. The van der Waals surface area contributed by atoms with Crippen LogP contribution in [0.4, 0.5) is 0 Å². The number of oxime groups is 1. The molecular formula is C11H10N2O. The van der Waals surface area contributed by atoms with E-state index in [-0.39, 0.29) is 0 Å². The van der Waals surface area contributed by atoms with Gasteiger partial charge in [-0.3, -0.25) is 4.98 Å². The molecule has 70 valence electrons. The van der Waals surface area contributed by atoms with Gasteiger partial charge in [-0.05, 0) is 12.1 Å². The summed E-state index contributed by atoms with van der Waals surface area (Å²) in [7, 11) is 1.52. The van der Waals surface area contributed by atoms with Crippen molar-refractivity contribution in [1.82, 2.24) is 4.98 Å². The molecule has 0 aliphatic carbocycles. The Hall–Kier alpha value is -1.90. The van der Waals surface area contributed by atoms with Crippen LogP contribution in [0.5, 0.6) is 0 Å². The Labute approximate surface area is 82.0 Å². The standard InChI is InChI=1S/C11H10N2O/c1-14-13-8-9-6-10-4-2-3-5-11(10)12-7-9/h2-8H,1H3. The number of pyridine rings is 1. The zero-order valence-electron chi connectivity index (χ0n) is 7.84. The first-order valence-corrected chi connectivity index (χ1v) is 4.31. The first-order chi connectivity index (χ1) is 6.90. The Morgan fingerprint density at radius 3 is 3.07 bits per heavy atom. The lowest BCUT2D eigenvalue weighted by atomic mass is 10.2. The van der Waals surface area contributed by atoms with E-state index in [0.29, 0.717) is 0 Å². The molecule has 0 N–H and O–H groups in total. The van der Waals surface area contributed by atoms with Crippen molar-refractivity contribution < 1.29 is 4.84 Å². The third kappa shape index (κ3) is 1.71. The fraction of sp³-hybridized carbons (Fsp3) is 0.0909. The molecule has 3 heteroatoms. The molecule has 0 aliphatic heterocycles. The average molecular weight is 186 g/mol.